The lowest BCUT2D eigenvalue weighted by Gasteiger charge is -2.46. The lowest BCUT2D eigenvalue weighted by Crippen LogP contribution is -2.47. The second-order valence-electron chi connectivity index (χ2n) is 14.8. The average Bonchev–Trinajstić information content (AvgIpc) is 3.79. The van der Waals surface area contributed by atoms with Crippen molar-refractivity contribution in [2.24, 2.45) is 10.8 Å². The largest absolute Gasteiger partial charge is 0.491 e. The van der Waals surface area contributed by atoms with Crippen molar-refractivity contribution in [3.8, 4) is 11.5 Å². The number of carbonyl (C=O) groups excluding carboxylic acids is 2. The summed E-state index contributed by atoms with van der Waals surface area (Å²) in [4.78, 5) is 40.3. The molecule has 2 saturated heterocycles. The summed E-state index contributed by atoms with van der Waals surface area (Å²) < 4.78 is 21.5. The van der Waals surface area contributed by atoms with E-state index in [9.17, 15) is 9.59 Å². The number of rotatable bonds is 7. The highest BCUT2D eigenvalue weighted by Gasteiger charge is 2.69. The van der Waals surface area contributed by atoms with Crippen LogP contribution < -0.4 is 14.4 Å². The zero-order valence-electron chi connectivity index (χ0n) is 28.8. The summed E-state index contributed by atoms with van der Waals surface area (Å²) in [6, 6.07) is 16.0. The molecule has 3 atom stereocenters. The number of nitrogens with zero attached hydrogens (tertiary/aromatic N) is 4. The first-order valence-corrected chi connectivity index (χ1v) is 18.1. The molecule has 49 heavy (non-hydrogen) atoms. The molecule has 2 aromatic carbocycles. The van der Waals surface area contributed by atoms with Gasteiger partial charge in [0.1, 0.15) is 42.1 Å². The first-order valence-electron chi connectivity index (χ1n) is 18.1. The fraction of sp³-hybridized carbons (Fsp3) is 0.500. The van der Waals surface area contributed by atoms with Gasteiger partial charge in [0.15, 0.2) is 5.82 Å². The van der Waals surface area contributed by atoms with Crippen LogP contribution in [-0.4, -0.2) is 45.2 Å². The number of amides is 2. The van der Waals surface area contributed by atoms with Gasteiger partial charge in [-0.1, -0.05) is 73.9 Å². The maximum Gasteiger partial charge on any atom is 0.242 e. The van der Waals surface area contributed by atoms with Crippen LogP contribution in [0.15, 0.2) is 61.1 Å². The molecule has 2 amide bonds. The standard InChI is InChI=1S/C40H46N4O5/c1-26-10-14-29(15-11-26)47-24-32-31(48-30-16-12-27(2)13-17-30)22-33(49-32)43-25-42-34-35(43)28(3)23-41-36(34)44-37(45)39(18-6-4-7-19-39)40(38(44)46)20-8-5-9-21-40/h10-17,23,25,31-33H,4-9,18-22,24H2,1-3H3/t31-,32+,33+/m0/s1. The second-order valence-corrected chi connectivity index (χ2v) is 14.8. The zero-order chi connectivity index (χ0) is 33.8. The van der Waals surface area contributed by atoms with Crippen LogP contribution in [0.2, 0.25) is 0 Å². The Kier molecular flexibility index (Phi) is 8.21. The van der Waals surface area contributed by atoms with Gasteiger partial charge in [-0.25, -0.2) is 14.9 Å². The van der Waals surface area contributed by atoms with E-state index in [-0.39, 0.29) is 24.0 Å². The summed E-state index contributed by atoms with van der Waals surface area (Å²) in [6.45, 7) is 6.41. The van der Waals surface area contributed by atoms with Gasteiger partial charge in [0, 0.05) is 12.6 Å². The Labute approximate surface area is 288 Å². The molecule has 4 fully saturated rings. The molecule has 9 heteroatoms. The van der Waals surface area contributed by atoms with Crippen LogP contribution in [0, 0.1) is 31.6 Å². The summed E-state index contributed by atoms with van der Waals surface area (Å²) in [5.41, 5.74) is 3.33. The highest BCUT2D eigenvalue weighted by molar-refractivity contribution is 6.27. The molecule has 9 nitrogen and oxygen atoms in total. The Balaban J connectivity index is 1.13. The van der Waals surface area contributed by atoms with Crippen LogP contribution in [0.3, 0.4) is 0 Å². The normalized spacial score (nSPS) is 24.7. The lowest BCUT2D eigenvalue weighted by molar-refractivity contribution is -0.141. The van der Waals surface area contributed by atoms with Crippen LogP contribution in [0.1, 0.15) is 93.5 Å². The van der Waals surface area contributed by atoms with Gasteiger partial charge in [-0.3, -0.25) is 9.59 Å². The minimum atomic E-state index is -0.635. The number of imidazole rings is 1. The van der Waals surface area contributed by atoms with E-state index in [1.807, 2.05) is 60.0 Å². The van der Waals surface area contributed by atoms with Gasteiger partial charge in [-0.2, -0.15) is 0 Å². The van der Waals surface area contributed by atoms with Crippen molar-refractivity contribution < 1.29 is 23.8 Å². The van der Waals surface area contributed by atoms with Crippen LogP contribution >= 0.6 is 0 Å². The van der Waals surface area contributed by atoms with E-state index in [2.05, 4.69) is 13.8 Å². The zero-order valence-corrected chi connectivity index (χ0v) is 28.8. The van der Waals surface area contributed by atoms with Gasteiger partial charge in [0.05, 0.1) is 22.7 Å². The maximum atomic E-state index is 14.6. The summed E-state index contributed by atoms with van der Waals surface area (Å²) in [7, 11) is 0. The number of carbonyl (C=O) groups is 2. The molecule has 4 aromatic rings. The van der Waals surface area contributed by atoms with Crippen LogP contribution in [0.5, 0.6) is 11.5 Å². The van der Waals surface area contributed by atoms with E-state index in [0.717, 1.165) is 92.4 Å². The van der Waals surface area contributed by atoms with Crippen molar-refractivity contribution in [1.82, 2.24) is 14.5 Å². The Hall–Kier alpha value is -4.24. The summed E-state index contributed by atoms with van der Waals surface area (Å²) in [5.74, 6) is 1.77. The molecular formula is C40H46N4O5. The minimum absolute atomic E-state index is 0.0664. The number of hydrogen-bond acceptors (Lipinski definition) is 7. The van der Waals surface area contributed by atoms with Crippen molar-refractivity contribution in [2.75, 3.05) is 11.5 Å². The second kappa shape index (κ2) is 12.6. The molecule has 8 rings (SSSR count). The minimum Gasteiger partial charge on any atom is -0.491 e. The van der Waals surface area contributed by atoms with Crippen LogP contribution in [0.4, 0.5) is 5.82 Å². The molecular weight excluding hydrogens is 616 g/mol. The fourth-order valence-electron chi connectivity index (χ4n) is 9.14. The summed E-state index contributed by atoms with van der Waals surface area (Å²) in [5, 5.41) is 0. The molecule has 2 aliphatic carbocycles. The summed E-state index contributed by atoms with van der Waals surface area (Å²) >= 11 is 0. The molecule has 256 valence electrons. The Bertz CT molecular complexity index is 1820. The first kappa shape index (κ1) is 32.0. The fourth-order valence-corrected chi connectivity index (χ4v) is 9.14. The Morgan fingerprint density at radius 2 is 1.35 bits per heavy atom. The van der Waals surface area contributed by atoms with E-state index >= 15 is 0 Å². The third-order valence-corrected chi connectivity index (χ3v) is 11.8. The van der Waals surface area contributed by atoms with Gasteiger partial charge in [0.25, 0.3) is 0 Å². The number of aromatic nitrogens is 3. The Morgan fingerprint density at radius 1 is 0.776 bits per heavy atom. The number of imide groups is 1. The molecule has 2 spiro atoms. The maximum absolute atomic E-state index is 14.6. The van der Waals surface area contributed by atoms with Gasteiger partial charge < -0.3 is 18.8 Å². The van der Waals surface area contributed by atoms with E-state index in [0.29, 0.717) is 24.4 Å². The highest BCUT2D eigenvalue weighted by atomic mass is 16.6. The van der Waals surface area contributed by atoms with Crippen LogP contribution in [-0.2, 0) is 14.3 Å². The van der Waals surface area contributed by atoms with Crippen LogP contribution in [0.25, 0.3) is 11.0 Å². The van der Waals surface area contributed by atoms with E-state index in [1.165, 1.54) is 10.5 Å². The molecule has 0 radical (unpaired) electrons. The SMILES string of the molecule is Cc1ccc(OC[C@H]2O[C@@H](n3cnc4c(N5C(=O)C6(CCCCC6)C6(CCCCC6)C5=O)ncc(C)c43)C[C@@H]2Oc2ccc(C)cc2)cc1. The number of ether oxygens (including phenoxy) is 3. The van der Waals surface area contributed by atoms with E-state index in [1.54, 1.807) is 12.5 Å². The van der Waals surface area contributed by atoms with Gasteiger partial charge in [-0.15, -0.1) is 0 Å². The first-order chi connectivity index (χ1) is 23.8. The molecule has 4 heterocycles. The van der Waals surface area contributed by atoms with Crippen molar-refractivity contribution in [1.29, 1.82) is 0 Å². The molecule has 4 aliphatic rings. The highest BCUT2D eigenvalue weighted by Crippen LogP contribution is 2.62. The average molecular weight is 663 g/mol. The Morgan fingerprint density at radius 3 is 1.94 bits per heavy atom. The van der Waals surface area contributed by atoms with Crippen molar-refractivity contribution in [3.63, 3.8) is 0 Å². The quantitative estimate of drug-likeness (QED) is 0.185. The molecule has 2 aromatic heterocycles. The number of anilines is 1. The van der Waals surface area contributed by atoms with Crippen molar-refractivity contribution in [3.05, 3.63) is 77.7 Å². The molecule has 2 aliphatic heterocycles. The van der Waals surface area contributed by atoms with Gasteiger partial charge in [0.2, 0.25) is 11.8 Å². The van der Waals surface area contributed by atoms with E-state index in [4.69, 9.17) is 24.2 Å². The predicted molar refractivity (Wildman–Crippen MR) is 187 cm³/mol. The number of pyridine rings is 1. The van der Waals surface area contributed by atoms with Crippen molar-refractivity contribution >= 4 is 28.7 Å². The topological polar surface area (TPSA) is 95.8 Å². The number of aryl methyl sites for hydroxylation is 3. The molecule has 0 N–H and O–H groups in total. The number of fused-ring (bicyclic) bond motifs is 2. The monoisotopic (exact) mass is 662 g/mol. The predicted octanol–water partition coefficient (Wildman–Crippen LogP) is 7.94. The lowest BCUT2D eigenvalue weighted by atomic mass is 9.53. The van der Waals surface area contributed by atoms with Crippen molar-refractivity contribution in [2.45, 2.75) is 110 Å². The van der Waals surface area contributed by atoms with Gasteiger partial charge >= 0.3 is 0 Å². The third kappa shape index (κ3) is 5.32. The summed E-state index contributed by atoms with van der Waals surface area (Å²) in [6.07, 6.45) is 12.3. The number of hydrogen-bond donors (Lipinski definition) is 0. The van der Waals surface area contributed by atoms with E-state index < -0.39 is 17.1 Å². The van der Waals surface area contributed by atoms with Gasteiger partial charge in [-0.05, 0) is 76.3 Å². The molecule has 2 saturated carbocycles. The molecule has 0 bridgehead atoms. The smallest absolute Gasteiger partial charge is 0.242 e. The number of benzene rings is 2. The molecule has 0 unspecified atom stereocenters. The third-order valence-electron chi connectivity index (χ3n) is 11.8.